The molecule has 3 rings (SSSR count). The van der Waals surface area contributed by atoms with E-state index in [-0.39, 0.29) is 11.4 Å². The number of benzene rings is 2. The number of carbonyl (C=O) groups excluding carboxylic acids is 1. The predicted molar refractivity (Wildman–Crippen MR) is 131 cm³/mol. The fourth-order valence-corrected chi connectivity index (χ4v) is 4.57. The first kappa shape index (κ1) is 24.2. The van der Waals surface area contributed by atoms with Crippen molar-refractivity contribution in [2.75, 3.05) is 7.11 Å². The highest BCUT2D eigenvalue weighted by Gasteiger charge is 2.26. The predicted octanol–water partition coefficient (Wildman–Crippen LogP) is 6.10. The van der Waals surface area contributed by atoms with E-state index in [0.717, 1.165) is 28.2 Å². The molecule has 169 valence electrons. The van der Waals surface area contributed by atoms with Crippen LogP contribution in [0, 0.1) is 0 Å². The van der Waals surface area contributed by atoms with Gasteiger partial charge in [0.2, 0.25) is 9.04 Å². The number of hydrogen-bond acceptors (Lipinski definition) is 4. The number of halogens is 1. The number of hydrogen-bond donors (Lipinski definition) is 0. The van der Waals surface area contributed by atoms with Crippen LogP contribution in [0.5, 0.6) is 0 Å². The average molecular weight is 470 g/mol. The normalized spacial score (nSPS) is 11.8. The van der Waals surface area contributed by atoms with Crippen molar-refractivity contribution in [3.63, 3.8) is 0 Å². The molecular weight excluding hydrogens is 440 g/mol. The average Bonchev–Trinajstić information content (AvgIpc) is 3.07. The maximum Gasteiger partial charge on any atom is 0.338 e. The van der Waals surface area contributed by atoms with Crippen LogP contribution in [0.1, 0.15) is 48.2 Å². The molecule has 3 aromatic rings. The molecule has 0 spiro atoms. The summed E-state index contributed by atoms with van der Waals surface area (Å²) in [4.78, 5) is 16.8. The van der Waals surface area contributed by atoms with Gasteiger partial charge in [0, 0.05) is 12.0 Å². The molecule has 0 N–H and O–H groups in total. The number of rotatable bonds is 7. The van der Waals surface area contributed by atoms with Gasteiger partial charge in [-0.2, -0.15) is 0 Å². The van der Waals surface area contributed by atoms with E-state index in [4.69, 9.17) is 20.8 Å². The zero-order chi connectivity index (χ0) is 23.5. The first-order valence-corrected chi connectivity index (χ1v) is 13.4. The fraction of sp³-hybridized carbons (Fsp3) is 0.360. The van der Waals surface area contributed by atoms with Crippen molar-refractivity contribution in [3.8, 4) is 11.1 Å². The van der Waals surface area contributed by atoms with Gasteiger partial charge in [0.25, 0.3) is 0 Å². The van der Waals surface area contributed by atoms with Crippen molar-refractivity contribution >= 4 is 26.6 Å². The number of aromatic nitrogens is 2. The van der Waals surface area contributed by atoms with Crippen molar-refractivity contribution in [2.45, 2.75) is 52.4 Å². The number of nitrogens with zero attached hydrogens (tertiary/aromatic N) is 2. The Morgan fingerprint density at radius 1 is 1.09 bits per heavy atom. The topological polar surface area (TPSA) is 53.4 Å². The van der Waals surface area contributed by atoms with Crippen LogP contribution in [-0.2, 0) is 27.7 Å². The zero-order valence-electron chi connectivity index (χ0n) is 19.5. The molecule has 32 heavy (non-hydrogen) atoms. The van der Waals surface area contributed by atoms with Gasteiger partial charge in [-0.25, -0.2) is 9.78 Å². The Hall–Kier alpha value is -2.41. The van der Waals surface area contributed by atoms with E-state index in [1.807, 2.05) is 30.3 Å². The Morgan fingerprint density at radius 3 is 2.34 bits per heavy atom. The van der Waals surface area contributed by atoms with Gasteiger partial charge in [-0.05, 0) is 35.9 Å². The van der Waals surface area contributed by atoms with E-state index < -0.39 is 9.04 Å². The number of esters is 1. The molecule has 1 heterocycles. The highest BCUT2D eigenvalue weighted by molar-refractivity contribution is 6.48. The molecular formula is C25H30ClN2O3Si. The van der Waals surface area contributed by atoms with Gasteiger partial charge in [-0.1, -0.05) is 74.8 Å². The number of methoxy groups -OCH3 is 1. The Morgan fingerprint density at radius 2 is 1.75 bits per heavy atom. The summed E-state index contributed by atoms with van der Waals surface area (Å²) in [7, 11) is 0.554. The van der Waals surface area contributed by atoms with Crippen molar-refractivity contribution in [2.24, 2.45) is 0 Å². The van der Waals surface area contributed by atoms with Crippen molar-refractivity contribution in [3.05, 3.63) is 76.3 Å². The third-order valence-electron chi connectivity index (χ3n) is 5.14. The van der Waals surface area contributed by atoms with Crippen molar-refractivity contribution in [1.82, 2.24) is 9.55 Å². The molecule has 0 atom stereocenters. The van der Waals surface area contributed by atoms with Gasteiger partial charge in [-0.15, -0.1) is 0 Å². The number of ether oxygens (including phenoxy) is 1. The van der Waals surface area contributed by atoms with Crippen LogP contribution in [0.4, 0.5) is 0 Å². The fourth-order valence-electron chi connectivity index (χ4n) is 3.67. The molecule has 0 fully saturated rings. The third kappa shape index (κ3) is 5.49. The zero-order valence-corrected chi connectivity index (χ0v) is 21.3. The Kier molecular flexibility index (Phi) is 7.59. The summed E-state index contributed by atoms with van der Waals surface area (Å²) in [5.74, 6) is 0.496. The lowest BCUT2D eigenvalue weighted by atomic mass is 9.92. The SMILES string of the molecule is COC(=O)c1ccccc1-c1ccc(Cn2c(CO[Si](C)C)nc(Cl)c2C(C)(C)C)cc1. The van der Waals surface area contributed by atoms with Gasteiger partial charge >= 0.3 is 5.97 Å². The molecule has 1 aromatic heterocycles. The van der Waals surface area contributed by atoms with Crippen LogP contribution in [0.25, 0.3) is 11.1 Å². The number of imidazole rings is 1. The smallest absolute Gasteiger partial charge is 0.338 e. The molecule has 0 saturated heterocycles. The molecule has 0 amide bonds. The molecule has 0 aliphatic heterocycles. The minimum Gasteiger partial charge on any atom is -0.465 e. The highest BCUT2D eigenvalue weighted by Crippen LogP contribution is 2.32. The lowest BCUT2D eigenvalue weighted by Crippen LogP contribution is -2.21. The van der Waals surface area contributed by atoms with Gasteiger partial charge in [0.15, 0.2) is 5.15 Å². The molecule has 1 radical (unpaired) electrons. The van der Waals surface area contributed by atoms with Gasteiger partial charge in [0.1, 0.15) is 5.82 Å². The van der Waals surface area contributed by atoms with Crippen molar-refractivity contribution in [1.29, 1.82) is 0 Å². The van der Waals surface area contributed by atoms with Crippen LogP contribution in [0.15, 0.2) is 48.5 Å². The van der Waals surface area contributed by atoms with Crippen LogP contribution in [-0.4, -0.2) is 31.7 Å². The quantitative estimate of drug-likeness (QED) is 0.309. The molecule has 0 saturated carbocycles. The summed E-state index contributed by atoms with van der Waals surface area (Å²) in [6.07, 6.45) is 0. The lowest BCUT2D eigenvalue weighted by Gasteiger charge is -2.23. The van der Waals surface area contributed by atoms with E-state index in [1.54, 1.807) is 6.07 Å². The molecule has 0 bridgehead atoms. The monoisotopic (exact) mass is 469 g/mol. The summed E-state index contributed by atoms with van der Waals surface area (Å²) in [6, 6.07) is 15.7. The minimum absolute atomic E-state index is 0.159. The van der Waals surface area contributed by atoms with Crippen LogP contribution >= 0.6 is 11.6 Å². The highest BCUT2D eigenvalue weighted by atomic mass is 35.5. The molecule has 5 nitrogen and oxygen atoms in total. The maximum atomic E-state index is 12.1. The minimum atomic E-state index is -0.843. The third-order valence-corrected chi connectivity index (χ3v) is 6.13. The Bertz CT molecular complexity index is 1090. The second kappa shape index (κ2) is 10.0. The molecule has 0 aliphatic rings. The number of carbonyl (C=O) groups is 1. The summed E-state index contributed by atoms with van der Waals surface area (Å²) in [6.45, 7) is 11.7. The van der Waals surface area contributed by atoms with Gasteiger partial charge in [-0.3, -0.25) is 0 Å². The van der Waals surface area contributed by atoms with E-state index in [0.29, 0.717) is 23.9 Å². The van der Waals surface area contributed by atoms with Crippen molar-refractivity contribution < 1.29 is 14.0 Å². The summed E-state index contributed by atoms with van der Waals surface area (Å²) in [5, 5.41) is 0.528. The largest absolute Gasteiger partial charge is 0.465 e. The van der Waals surface area contributed by atoms with Gasteiger partial charge < -0.3 is 13.7 Å². The van der Waals surface area contributed by atoms with Crippen LogP contribution < -0.4 is 0 Å². The Balaban J connectivity index is 1.94. The van der Waals surface area contributed by atoms with E-state index in [1.165, 1.54) is 7.11 Å². The maximum absolute atomic E-state index is 12.1. The molecule has 0 unspecified atom stereocenters. The molecule has 7 heteroatoms. The molecule has 2 aromatic carbocycles. The van der Waals surface area contributed by atoms with Crippen LogP contribution in [0.2, 0.25) is 18.2 Å². The van der Waals surface area contributed by atoms with E-state index in [2.05, 4.69) is 55.5 Å². The van der Waals surface area contributed by atoms with Crippen LogP contribution in [0.3, 0.4) is 0 Å². The van der Waals surface area contributed by atoms with Gasteiger partial charge in [0.05, 0.1) is 25.0 Å². The first-order chi connectivity index (χ1) is 15.1. The van der Waals surface area contributed by atoms with E-state index in [9.17, 15) is 4.79 Å². The molecule has 0 aliphatic carbocycles. The second-order valence-electron chi connectivity index (χ2n) is 8.93. The summed E-state index contributed by atoms with van der Waals surface area (Å²) < 4.78 is 13.0. The second-order valence-corrected chi connectivity index (χ2v) is 11.4. The van der Waals surface area contributed by atoms with E-state index >= 15 is 0 Å². The summed E-state index contributed by atoms with van der Waals surface area (Å²) >= 11 is 6.56. The Labute approximate surface area is 197 Å². The lowest BCUT2D eigenvalue weighted by molar-refractivity contribution is 0.0601. The summed E-state index contributed by atoms with van der Waals surface area (Å²) in [5.41, 5.74) is 4.31. The first-order valence-electron chi connectivity index (χ1n) is 10.6. The standard InChI is InChI=1S/C25H30ClN2O3Si/c1-25(2,3)22-23(26)27-21(16-31-32(5)6)28(22)15-17-11-13-18(14-12-17)19-9-7-8-10-20(19)24(29)30-4/h7-14H,15-16H2,1-6H3.